The second-order valence-electron chi connectivity index (χ2n) is 2.48. The Kier molecular flexibility index (Phi) is 3.63. The van der Waals surface area contributed by atoms with Gasteiger partial charge < -0.3 is 0 Å². The molecule has 10 heavy (non-hydrogen) atoms. The molecule has 0 radical (unpaired) electrons. The number of carbonyl (C=O) groups excluding carboxylic acids is 1. The monoisotopic (exact) mass is 176 g/mol. The number of carbonyl (C=O) groups is 1. The van der Waals surface area contributed by atoms with E-state index in [1.165, 1.54) is 0 Å². The summed E-state index contributed by atoms with van der Waals surface area (Å²) in [7, 11) is 3.66. The topological polar surface area (TPSA) is 17.1 Å². The van der Waals surface area contributed by atoms with Gasteiger partial charge in [-0.3, -0.25) is 4.79 Å². The molecule has 1 aliphatic rings. The van der Waals surface area contributed by atoms with Crippen molar-refractivity contribution in [3.63, 3.8) is 0 Å². The minimum Gasteiger partial charge on any atom is -0.299 e. The lowest BCUT2D eigenvalue weighted by atomic mass is 10.1. The second-order valence-corrected chi connectivity index (χ2v) is 5.03. The van der Waals surface area contributed by atoms with Gasteiger partial charge in [-0.2, -0.15) is 0 Å². The van der Waals surface area contributed by atoms with Crippen LogP contribution in [0.15, 0.2) is 0 Å². The molecule has 1 fully saturated rings. The van der Waals surface area contributed by atoms with E-state index in [1.54, 1.807) is 0 Å². The van der Waals surface area contributed by atoms with Crippen LogP contribution in [0, 0.1) is 5.92 Å². The van der Waals surface area contributed by atoms with Gasteiger partial charge in [0.05, 0.1) is 0 Å². The van der Waals surface area contributed by atoms with Crippen LogP contribution in [0.5, 0.6) is 0 Å². The zero-order valence-corrected chi connectivity index (χ0v) is 7.76. The summed E-state index contributed by atoms with van der Waals surface area (Å²) in [6.07, 6.45) is 1.79. The number of rotatable bonds is 3. The molecule has 1 rings (SSSR count). The number of Topliss-reactive ketones (excluding diaryl/α,β-unsaturated/α-hetero) is 1. The van der Waals surface area contributed by atoms with Crippen LogP contribution >= 0.6 is 21.6 Å². The van der Waals surface area contributed by atoms with E-state index in [4.69, 9.17) is 0 Å². The standard InChI is InChI=1S/C7H12OS2/c1-2-3-7(8)6-4-9-10-5-6/h6H,2-5H2,1H3. The third-order valence-corrected chi connectivity index (χ3v) is 4.13. The summed E-state index contributed by atoms with van der Waals surface area (Å²) in [5.74, 6) is 2.93. The normalized spacial score (nSPS) is 19.7. The molecule has 0 aliphatic carbocycles. The predicted octanol–water partition coefficient (Wildman–Crippen LogP) is 2.37. The molecule has 3 heteroatoms. The van der Waals surface area contributed by atoms with Crippen LogP contribution in [0.4, 0.5) is 0 Å². The highest BCUT2D eigenvalue weighted by molar-refractivity contribution is 8.77. The first kappa shape index (κ1) is 8.47. The lowest BCUT2D eigenvalue weighted by Crippen LogP contribution is -2.15. The first-order chi connectivity index (χ1) is 4.84. The van der Waals surface area contributed by atoms with Crippen LogP contribution in [-0.4, -0.2) is 17.3 Å². The van der Waals surface area contributed by atoms with Gasteiger partial charge >= 0.3 is 0 Å². The fourth-order valence-electron chi connectivity index (χ4n) is 0.945. The van der Waals surface area contributed by atoms with Gasteiger partial charge in [0.15, 0.2) is 0 Å². The Morgan fingerprint density at radius 3 is 2.60 bits per heavy atom. The largest absolute Gasteiger partial charge is 0.299 e. The molecule has 0 spiro atoms. The minimum absolute atomic E-state index is 0.370. The first-order valence-corrected chi connectivity index (χ1v) is 6.10. The van der Waals surface area contributed by atoms with E-state index >= 15 is 0 Å². The van der Waals surface area contributed by atoms with E-state index in [2.05, 4.69) is 6.92 Å². The number of hydrogen-bond donors (Lipinski definition) is 0. The van der Waals surface area contributed by atoms with Crippen molar-refractivity contribution in [2.24, 2.45) is 5.92 Å². The molecule has 0 N–H and O–H groups in total. The molecule has 1 saturated heterocycles. The molecular formula is C7H12OS2. The zero-order chi connectivity index (χ0) is 7.40. The summed E-state index contributed by atoms with van der Waals surface area (Å²) in [4.78, 5) is 11.2. The molecule has 0 bridgehead atoms. The molecule has 1 aliphatic heterocycles. The highest BCUT2D eigenvalue weighted by Gasteiger charge is 2.22. The van der Waals surface area contributed by atoms with E-state index in [0.717, 1.165) is 24.3 Å². The fourth-order valence-corrected chi connectivity index (χ4v) is 3.79. The van der Waals surface area contributed by atoms with Crippen LogP contribution in [-0.2, 0) is 4.79 Å². The number of hydrogen-bond acceptors (Lipinski definition) is 3. The van der Waals surface area contributed by atoms with Gasteiger partial charge in [0, 0.05) is 23.8 Å². The highest BCUT2D eigenvalue weighted by Crippen LogP contribution is 2.35. The van der Waals surface area contributed by atoms with E-state index in [1.807, 2.05) is 21.6 Å². The lowest BCUT2D eigenvalue weighted by Gasteiger charge is -2.02. The van der Waals surface area contributed by atoms with Crippen LogP contribution in [0.25, 0.3) is 0 Å². The Morgan fingerprint density at radius 1 is 1.50 bits per heavy atom. The van der Waals surface area contributed by atoms with Gasteiger partial charge in [-0.1, -0.05) is 28.5 Å². The molecule has 58 valence electrons. The average Bonchev–Trinajstić information content (AvgIpc) is 2.38. The predicted molar refractivity (Wildman–Crippen MR) is 48.3 cm³/mol. The molecule has 0 aromatic carbocycles. The van der Waals surface area contributed by atoms with Crippen molar-refractivity contribution >= 4 is 27.4 Å². The summed E-state index contributed by atoms with van der Waals surface area (Å²) in [5, 5.41) is 0. The Balaban J connectivity index is 2.25. The van der Waals surface area contributed by atoms with E-state index < -0.39 is 0 Å². The molecule has 0 atom stereocenters. The van der Waals surface area contributed by atoms with Gasteiger partial charge in [0.25, 0.3) is 0 Å². The third kappa shape index (κ3) is 2.20. The van der Waals surface area contributed by atoms with Crippen molar-refractivity contribution < 1.29 is 4.79 Å². The highest BCUT2D eigenvalue weighted by atomic mass is 33.1. The maximum atomic E-state index is 11.2. The summed E-state index contributed by atoms with van der Waals surface area (Å²) >= 11 is 0. The van der Waals surface area contributed by atoms with E-state index in [-0.39, 0.29) is 0 Å². The van der Waals surface area contributed by atoms with Crippen LogP contribution in [0.1, 0.15) is 19.8 Å². The van der Waals surface area contributed by atoms with Crippen molar-refractivity contribution in [1.82, 2.24) is 0 Å². The zero-order valence-electron chi connectivity index (χ0n) is 6.13. The van der Waals surface area contributed by atoms with Crippen molar-refractivity contribution in [3.05, 3.63) is 0 Å². The maximum Gasteiger partial charge on any atom is 0.137 e. The molecule has 0 saturated carbocycles. The Hall–Kier alpha value is 0.370. The van der Waals surface area contributed by atoms with Crippen LogP contribution < -0.4 is 0 Å². The van der Waals surface area contributed by atoms with Gasteiger partial charge in [0.2, 0.25) is 0 Å². The second kappa shape index (κ2) is 4.29. The van der Waals surface area contributed by atoms with Gasteiger partial charge in [-0.05, 0) is 6.42 Å². The third-order valence-electron chi connectivity index (χ3n) is 1.57. The first-order valence-electron chi connectivity index (χ1n) is 3.61. The smallest absolute Gasteiger partial charge is 0.137 e. The quantitative estimate of drug-likeness (QED) is 0.615. The van der Waals surface area contributed by atoms with Crippen LogP contribution in [0.2, 0.25) is 0 Å². The molecule has 0 amide bonds. The summed E-state index contributed by atoms with van der Waals surface area (Å²) < 4.78 is 0. The summed E-state index contributed by atoms with van der Waals surface area (Å²) in [6.45, 7) is 2.06. The fraction of sp³-hybridized carbons (Fsp3) is 0.857. The average molecular weight is 176 g/mol. The minimum atomic E-state index is 0.370. The molecule has 0 unspecified atom stereocenters. The van der Waals surface area contributed by atoms with Gasteiger partial charge in [-0.25, -0.2) is 0 Å². The number of ketones is 1. The van der Waals surface area contributed by atoms with Crippen molar-refractivity contribution in [2.75, 3.05) is 11.5 Å². The molecule has 0 aromatic heterocycles. The van der Waals surface area contributed by atoms with E-state index in [9.17, 15) is 4.79 Å². The molecule has 0 aromatic rings. The van der Waals surface area contributed by atoms with Crippen molar-refractivity contribution in [2.45, 2.75) is 19.8 Å². The van der Waals surface area contributed by atoms with Crippen molar-refractivity contribution in [1.29, 1.82) is 0 Å². The van der Waals surface area contributed by atoms with Crippen LogP contribution in [0.3, 0.4) is 0 Å². The van der Waals surface area contributed by atoms with E-state index in [0.29, 0.717) is 11.7 Å². The van der Waals surface area contributed by atoms with Crippen molar-refractivity contribution in [3.8, 4) is 0 Å². The Labute approximate surface area is 69.7 Å². The molecule has 1 heterocycles. The summed E-state index contributed by atoms with van der Waals surface area (Å²) in [6, 6.07) is 0. The summed E-state index contributed by atoms with van der Waals surface area (Å²) in [5.41, 5.74) is 0. The maximum absolute atomic E-state index is 11.2. The van der Waals surface area contributed by atoms with Gasteiger partial charge in [-0.15, -0.1) is 0 Å². The Bertz CT molecular complexity index is 119. The molecule has 1 nitrogen and oxygen atoms in total. The van der Waals surface area contributed by atoms with Gasteiger partial charge in [0.1, 0.15) is 5.78 Å². The Morgan fingerprint density at radius 2 is 2.10 bits per heavy atom. The molecular weight excluding hydrogens is 164 g/mol. The lowest BCUT2D eigenvalue weighted by molar-refractivity contribution is -0.121. The SMILES string of the molecule is CCCC(=O)C1CSSC1.